The fourth-order valence-electron chi connectivity index (χ4n) is 3.39. The van der Waals surface area contributed by atoms with Crippen LogP contribution in [0.2, 0.25) is 0 Å². The Kier molecular flexibility index (Phi) is 4.78. The van der Waals surface area contributed by atoms with Crippen molar-refractivity contribution in [1.82, 2.24) is 15.3 Å². The molecule has 2 heterocycles. The summed E-state index contributed by atoms with van der Waals surface area (Å²) in [5.74, 6) is 0. The molecule has 4 rings (SSSR count). The van der Waals surface area contributed by atoms with E-state index in [0.29, 0.717) is 6.54 Å². The fraction of sp³-hybridized carbons (Fsp3) is 0.238. The number of amides is 2. The zero-order valence-electron chi connectivity index (χ0n) is 15.4. The summed E-state index contributed by atoms with van der Waals surface area (Å²) in [6.45, 7) is 2.28. The molecule has 0 saturated heterocycles. The first kappa shape index (κ1) is 17.1. The molecule has 0 bridgehead atoms. The number of carbonyl (C=O) groups is 1. The Bertz CT molecular complexity index is 908. The SMILES string of the molecule is CN(C(=O)NCc1ccccc1)c1ccc2c(c1)N(Cc1cnc[nH]1)CC2. The number of benzene rings is 2. The molecule has 1 aromatic heterocycles. The van der Waals surface area contributed by atoms with E-state index in [0.717, 1.165) is 36.5 Å². The van der Waals surface area contributed by atoms with Crippen LogP contribution in [0.3, 0.4) is 0 Å². The van der Waals surface area contributed by atoms with Crippen LogP contribution in [0, 0.1) is 0 Å². The molecule has 1 aliphatic rings. The molecule has 27 heavy (non-hydrogen) atoms. The maximum absolute atomic E-state index is 12.5. The van der Waals surface area contributed by atoms with Gasteiger partial charge in [0.25, 0.3) is 0 Å². The average Bonchev–Trinajstić information content (AvgIpc) is 3.36. The van der Waals surface area contributed by atoms with Crippen LogP contribution in [0.15, 0.2) is 61.1 Å². The highest BCUT2D eigenvalue weighted by Crippen LogP contribution is 2.32. The summed E-state index contributed by atoms with van der Waals surface area (Å²) in [4.78, 5) is 23.8. The molecule has 6 heteroatoms. The number of imidazole rings is 1. The number of rotatable bonds is 5. The lowest BCUT2D eigenvalue weighted by Gasteiger charge is -2.22. The largest absolute Gasteiger partial charge is 0.365 e. The predicted molar refractivity (Wildman–Crippen MR) is 107 cm³/mol. The van der Waals surface area contributed by atoms with Crippen LogP contribution in [0.1, 0.15) is 16.8 Å². The van der Waals surface area contributed by atoms with Crippen molar-refractivity contribution < 1.29 is 4.79 Å². The highest BCUT2D eigenvalue weighted by molar-refractivity contribution is 5.92. The van der Waals surface area contributed by atoms with E-state index in [1.165, 1.54) is 11.3 Å². The average molecular weight is 361 g/mol. The highest BCUT2D eigenvalue weighted by Gasteiger charge is 2.21. The molecular formula is C21H23N5O. The van der Waals surface area contributed by atoms with Gasteiger partial charge in [-0.3, -0.25) is 4.90 Å². The van der Waals surface area contributed by atoms with Crippen molar-refractivity contribution in [2.75, 3.05) is 23.4 Å². The van der Waals surface area contributed by atoms with E-state index in [1.54, 1.807) is 18.3 Å². The van der Waals surface area contributed by atoms with E-state index in [1.807, 2.05) is 42.6 Å². The highest BCUT2D eigenvalue weighted by atomic mass is 16.2. The number of carbonyl (C=O) groups excluding carboxylic acids is 1. The zero-order valence-corrected chi connectivity index (χ0v) is 15.4. The van der Waals surface area contributed by atoms with Gasteiger partial charge in [-0.25, -0.2) is 9.78 Å². The Morgan fingerprint density at radius 1 is 1.26 bits per heavy atom. The smallest absolute Gasteiger partial charge is 0.321 e. The number of hydrogen-bond acceptors (Lipinski definition) is 3. The Labute approximate surface area is 158 Å². The number of H-pyrrole nitrogens is 1. The van der Waals surface area contributed by atoms with Gasteiger partial charge in [0, 0.05) is 37.7 Å². The number of aromatic nitrogens is 2. The third kappa shape index (κ3) is 3.79. The van der Waals surface area contributed by atoms with Crippen molar-refractivity contribution in [3.05, 3.63) is 77.9 Å². The Morgan fingerprint density at radius 2 is 2.11 bits per heavy atom. The molecule has 2 N–H and O–H groups in total. The summed E-state index contributed by atoms with van der Waals surface area (Å²) in [6, 6.07) is 16.0. The van der Waals surface area contributed by atoms with Crippen LogP contribution >= 0.6 is 0 Å². The number of anilines is 2. The number of aromatic amines is 1. The molecule has 138 valence electrons. The topological polar surface area (TPSA) is 64.3 Å². The molecule has 0 spiro atoms. The van der Waals surface area contributed by atoms with E-state index >= 15 is 0 Å². The molecule has 0 radical (unpaired) electrons. The van der Waals surface area contributed by atoms with Crippen LogP contribution in [-0.2, 0) is 19.5 Å². The van der Waals surface area contributed by atoms with Gasteiger partial charge in [-0.1, -0.05) is 36.4 Å². The first-order chi connectivity index (χ1) is 13.2. The first-order valence-corrected chi connectivity index (χ1v) is 9.11. The summed E-state index contributed by atoms with van der Waals surface area (Å²) >= 11 is 0. The van der Waals surface area contributed by atoms with Gasteiger partial charge in [0.05, 0.1) is 18.6 Å². The lowest BCUT2D eigenvalue weighted by Crippen LogP contribution is -2.36. The minimum absolute atomic E-state index is 0.114. The van der Waals surface area contributed by atoms with Gasteiger partial charge >= 0.3 is 6.03 Å². The van der Waals surface area contributed by atoms with Crippen molar-refractivity contribution in [2.45, 2.75) is 19.5 Å². The molecule has 2 amide bonds. The quantitative estimate of drug-likeness (QED) is 0.733. The summed E-state index contributed by atoms with van der Waals surface area (Å²) in [7, 11) is 1.80. The summed E-state index contributed by atoms with van der Waals surface area (Å²) in [5.41, 5.74) is 5.55. The Balaban J connectivity index is 1.45. The van der Waals surface area contributed by atoms with Crippen LogP contribution in [0.5, 0.6) is 0 Å². The van der Waals surface area contributed by atoms with Gasteiger partial charge in [0.1, 0.15) is 0 Å². The fourth-order valence-corrected chi connectivity index (χ4v) is 3.39. The van der Waals surface area contributed by atoms with Crippen LogP contribution in [-0.4, -0.2) is 29.6 Å². The van der Waals surface area contributed by atoms with Crippen molar-refractivity contribution >= 4 is 17.4 Å². The van der Waals surface area contributed by atoms with E-state index in [2.05, 4.69) is 32.3 Å². The molecule has 6 nitrogen and oxygen atoms in total. The number of nitrogens with one attached hydrogen (secondary N) is 2. The third-order valence-corrected chi connectivity index (χ3v) is 4.96. The van der Waals surface area contributed by atoms with E-state index in [4.69, 9.17) is 0 Å². The number of urea groups is 1. The van der Waals surface area contributed by atoms with Crippen molar-refractivity contribution in [1.29, 1.82) is 0 Å². The van der Waals surface area contributed by atoms with Crippen molar-refractivity contribution in [3.63, 3.8) is 0 Å². The molecule has 3 aromatic rings. The van der Waals surface area contributed by atoms with Gasteiger partial charge < -0.3 is 15.2 Å². The predicted octanol–water partition coefficient (Wildman–Crippen LogP) is 3.32. The van der Waals surface area contributed by atoms with Gasteiger partial charge in [-0.15, -0.1) is 0 Å². The summed E-state index contributed by atoms with van der Waals surface area (Å²) in [6.07, 6.45) is 4.58. The normalized spacial score (nSPS) is 12.7. The van der Waals surface area contributed by atoms with Gasteiger partial charge in [0.15, 0.2) is 0 Å². The van der Waals surface area contributed by atoms with Gasteiger partial charge in [-0.2, -0.15) is 0 Å². The molecule has 2 aromatic carbocycles. The van der Waals surface area contributed by atoms with Crippen molar-refractivity contribution in [3.8, 4) is 0 Å². The van der Waals surface area contributed by atoms with Crippen LogP contribution in [0.25, 0.3) is 0 Å². The minimum Gasteiger partial charge on any atom is -0.365 e. The number of nitrogens with zero attached hydrogens (tertiary/aromatic N) is 3. The van der Waals surface area contributed by atoms with E-state index in [-0.39, 0.29) is 6.03 Å². The maximum Gasteiger partial charge on any atom is 0.321 e. The zero-order chi connectivity index (χ0) is 18.6. The van der Waals surface area contributed by atoms with Crippen LogP contribution in [0.4, 0.5) is 16.2 Å². The lowest BCUT2D eigenvalue weighted by atomic mass is 10.1. The molecule has 0 aliphatic carbocycles. The standard InChI is InChI=1S/C21H23N5O/c1-25(21(27)23-12-16-5-3-2-4-6-16)19-8-7-17-9-10-26(20(17)11-19)14-18-13-22-15-24-18/h2-8,11,13,15H,9-10,12,14H2,1H3,(H,22,24)(H,23,27). The first-order valence-electron chi connectivity index (χ1n) is 9.11. The van der Waals surface area contributed by atoms with E-state index in [9.17, 15) is 4.79 Å². The molecular weight excluding hydrogens is 338 g/mol. The molecule has 0 atom stereocenters. The van der Waals surface area contributed by atoms with Gasteiger partial charge in [0.2, 0.25) is 0 Å². The Hall–Kier alpha value is -3.28. The molecule has 0 saturated carbocycles. The molecule has 0 fully saturated rings. The monoisotopic (exact) mass is 361 g/mol. The minimum atomic E-state index is -0.114. The Morgan fingerprint density at radius 3 is 2.89 bits per heavy atom. The summed E-state index contributed by atoms with van der Waals surface area (Å²) < 4.78 is 0. The lowest BCUT2D eigenvalue weighted by molar-refractivity contribution is 0.247. The number of hydrogen-bond donors (Lipinski definition) is 2. The molecule has 0 unspecified atom stereocenters. The second-order valence-corrected chi connectivity index (χ2v) is 6.76. The third-order valence-electron chi connectivity index (χ3n) is 4.96. The number of fused-ring (bicyclic) bond motifs is 1. The van der Waals surface area contributed by atoms with Gasteiger partial charge in [-0.05, 0) is 29.7 Å². The summed E-state index contributed by atoms with van der Waals surface area (Å²) in [5, 5.41) is 2.97. The van der Waals surface area contributed by atoms with E-state index < -0.39 is 0 Å². The second kappa shape index (κ2) is 7.53. The second-order valence-electron chi connectivity index (χ2n) is 6.76. The van der Waals surface area contributed by atoms with Crippen LogP contribution < -0.4 is 15.1 Å². The molecule has 1 aliphatic heterocycles. The maximum atomic E-state index is 12.5. The van der Waals surface area contributed by atoms with Crippen molar-refractivity contribution in [2.24, 2.45) is 0 Å².